The van der Waals surface area contributed by atoms with E-state index in [1.807, 2.05) is 35.4 Å². The van der Waals surface area contributed by atoms with Crippen LogP contribution in [-0.2, 0) is 21.2 Å². The lowest BCUT2D eigenvalue weighted by atomic mass is 10.1. The summed E-state index contributed by atoms with van der Waals surface area (Å²) in [7, 11) is -3.01. The summed E-state index contributed by atoms with van der Waals surface area (Å²) >= 11 is 0. The van der Waals surface area contributed by atoms with Crippen molar-refractivity contribution in [3.05, 3.63) is 47.2 Å². The van der Waals surface area contributed by atoms with Gasteiger partial charge in [-0.2, -0.15) is 0 Å². The number of amides is 1. The quantitative estimate of drug-likeness (QED) is 0.652. The molecule has 2 aliphatic rings. The number of sulfone groups is 1. The Bertz CT molecular complexity index is 1070. The molecule has 2 aliphatic heterocycles. The van der Waals surface area contributed by atoms with E-state index in [0.717, 1.165) is 24.2 Å². The molecule has 0 unspecified atom stereocenters. The predicted octanol–water partition coefficient (Wildman–Crippen LogP) is 2.02. The first kappa shape index (κ1) is 21.8. The van der Waals surface area contributed by atoms with Crippen LogP contribution in [-0.4, -0.2) is 60.2 Å². The first-order valence-electron chi connectivity index (χ1n) is 10.7. The van der Waals surface area contributed by atoms with Crippen LogP contribution in [0.4, 0.5) is 0 Å². The van der Waals surface area contributed by atoms with Gasteiger partial charge in [0, 0.05) is 23.0 Å². The molecule has 0 radical (unpaired) electrons. The molecule has 9 heteroatoms. The van der Waals surface area contributed by atoms with Gasteiger partial charge < -0.3 is 14.3 Å². The third-order valence-electron chi connectivity index (χ3n) is 6.39. The Balaban J connectivity index is 1.43. The highest BCUT2D eigenvalue weighted by Crippen LogP contribution is 2.29. The molecule has 2 aromatic rings. The smallest absolute Gasteiger partial charge is 0.237 e. The fourth-order valence-electron chi connectivity index (χ4n) is 4.89. The second-order valence-corrected chi connectivity index (χ2v) is 10.8. The minimum Gasteiger partial charge on any atom is -0.467 e. The van der Waals surface area contributed by atoms with Gasteiger partial charge in [0.2, 0.25) is 5.91 Å². The van der Waals surface area contributed by atoms with E-state index in [0.29, 0.717) is 30.8 Å². The maximum Gasteiger partial charge on any atom is 0.237 e. The molecule has 1 N–H and O–H groups in total. The van der Waals surface area contributed by atoms with Crippen molar-refractivity contribution in [3.63, 3.8) is 0 Å². The Morgan fingerprint density at radius 1 is 1.26 bits per heavy atom. The Labute approximate surface area is 182 Å². The molecule has 168 valence electrons. The number of nitrogens with zero attached hydrogens (tertiary/aromatic N) is 2. The number of hydrogen-bond donors (Lipinski definition) is 1. The Morgan fingerprint density at radius 2 is 2.06 bits per heavy atom. The number of likely N-dealkylation sites (tertiary alicyclic amines) is 1. The number of ketones is 1. The molecule has 0 aromatic carbocycles. The van der Waals surface area contributed by atoms with Crippen LogP contribution >= 0.6 is 0 Å². The Hall–Kier alpha value is -2.39. The van der Waals surface area contributed by atoms with Crippen LogP contribution in [0.2, 0.25) is 0 Å². The zero-order valence-electron chi connectivity index (χ0n) is 18.0. The van der Waals surface area contributed by atoms with E-state index in [1.165, 1.54) is 0 Å². The van der Waals surface area contributed by atoms with Gasteiger partial charge in [0.05, 0.1) is 36.9 Å². The standard InChI is InChI=1S/C22H29N3O5S/c1-15-11-19(16(2)25(15)17-7-10-31(28,29)14-17)21(26)13-24-8-3-6-20(24)22(27)23-12-18-5-4-9-30-18/h4-5,9,11,17,20H,3,6-8,10,12-14H2,1-2H3,(H,23,27)/t17-,20-/m0/s1. The van der Waals surface area contributed by atoms with Gasteiger partial charge in [-0.1, -0.05) is 0 Å². The van der Waals surface area contributed by atoms with Crippen molar-refractivity contribution in [2.24, 2.45) is 0 Å². The van der Waals surface area contributed by atoms with Crippen LogP contribution < -0.4 is 5.32 Å². The van der Waals surface area contributed by atoms with E-state index < -0.39 is 9.84 Å². The SMILES string of the molecule is Cc1cc(C(=O)CN2CCC[C@H]2C(=O)NCc2ccco2)c(C)n1[C@H]1CCS(=O)(=O)C1. The molecule has 1 amide bonds. The maximum absolute atomic E-state index is 13.1. The van der Waals surface area contributed by atoms with Crippen LogP contribution in [0.25, 0.3) is 0 Å². The number of carbonyl (C=O) groups excluding carboxylic acids is 2. The van der Waals surface area contributed by atoms with Crippen molar-refractivity contribution < 1.29 is 22.4 Å². The average molecular weight is 448 g/mol. The summed E-state index contributed by atoms with van der Waals surface area (Å²) in [5.74, 6) is 0.881. The van der Waals surface area contributed by atoms with Crippen molar-refractivity contribution in [1.82, 2.24) is 14.8 Å². The fraction of sp³-hybridized carbons (Fsp3) is 0.545. The molecule has 0 bridgehead atoms. The molecule has 2 saturated heterocycles. The highest BCUT2D eigenvalue weighted by atomic mass is 32.2. The van der Waals surface area contributed by atoms with E-state index in [9.17, 15) is 18.0 Å². The summed E-state index contributed by atoms with van der Waals surface area (Å²) in [6, 6.07) is 4.99. The summed E-state index contributed by atoms with van der Waals surface area (Å²) in [5.41, 5.74) is 2.32. The molecule has 4 heterocycles. The molecule has 2 aromatic heterocycles. The van der Waals surface area contributed by atoms with Gasteiger partial charge in [-0.05, 0) is 57.9 Å². The van der Waals surface area contributed by atoms with E-state index in [-0.39, 0.29) is 41.8 Å². The van der Waals surface area contributed by atoms with E-state index in [4.69, 9.17) is 4.42 Å². The third kappa shape index (κ3) is 4.62. The molecule has 8 nitrogen and oxygen atoms in total. The van der Waals surface area contributed by atoms with Gasteiger partial charge in [0.1, 0.15) is 5.76 Å². The van der Waals surface area contributed by atoms with Crippen molar-refractivity contribution in [1.29, 1.82) is 0 Å². The topological polar surface area (TPSA) is 102 Å². The van der Waals surface area contributed by atoms with Crippen molar-refractivity contribution in [2.45, 2.75) is 51.7 Å². The lowest BCUT2D eigenvalue weighted by molar-refractivity contribution is -0.125. The van der Waals surface area contributed by atoms with E-state index in [1.54, 1.807) is 12.3 Å². The van der Waals surface area contributed by atoms with Gasteiger partial charge in [-0.15, -0.1) is 0 Å². The van der Waals surface area contributed by atoms with Crippen molar-refractivity contribution in [2.75, 3.05) is 24.6 Å². The normalized spacial score (nSPS) is 23.3. The van der Waals surface area contributed by atoms with Crippen molar-refractivity contribution in [3.8, 4) is 0 Å². The summed E-state index contributed by atoms with van der Waals surface area (Å²) in [4.78, 5) is 27.7. The zero-order chi connectivity index (χ0) is 22.2. The number of aryl methyl sites for hydroxylation is 1. The van der Waals surface area contributed by atoms with Gasteiger partial charge >= 0.3 is 0 Å². The number of rotatable bonds is 7. The van der Waals surface area contributed by atoms with E-state index >= 15 is 0 Å². The number of carbonyl (C=O) groups is 2. The minimum absolute atomic E-state index is 0.0362. The van der Waals surface area contributed by atoms with Crippen molar-refractivity contribution >= 4 is 21.5 Å². The first-order chi connectivity index (χ1) is 14.7. The van der Waals surface area contributed by atoms with Gasteiger partial charge in [-0.25, -0.2) is 8.42 Å². The zero-order valence-corrected chi connectivity index (χ0v) is 18.8. The monoisotopic (exact) mass is 447 g/mol. The highest BCUT2D eigenvalue weighted by Gasteiger charge is 2.34. The summed E-state index contributed by atoms with van der Waals surface area (Å²) in [5, 5.41) is 2.89. The summed E-state index contributed by atoms with van der Waals surface area (Å²) in [6.45, 7) is 4.99. The van der Waals surface area contributed by atoms with Crippen LogP contribution in [0, 0.1) is 13.8 Å². The summed E-state index contributed by atoms with van der Waals surface area (Å²) in [6.07, 6.45) is 3.73. The van der Waals surface area contributed by atoms with Gasteiger partial charge in [0.25, 0.3) is 0 Å². The fourth-order valence-corrected chi connectivity index (χ4v) is 6.59. The Kier molecular flexibility index (Phi) is 6.07. The number of furan rings is 1. The minimum atomic E-state index is -3.01. The molecule has 2 atom stereocenters. The third-order valence-corrected chi connectivity index (χ3v) is 8.14. The summed E-state index contributed by atoms with van der Waals surface area (Å²) < 4.78 is 31.1. The molecule has 0 saturated carbocycles. The number of nitrogens with one attached hydrogen (secondary N) is 1. The van der Waals surface area contributed by atoms with Gasteiger partial charge in [-0.3, -0.25) is 14.5 Å². The molecule has 0 aliphatic carbocycles. The Morgan fingerprint density at radius 3 is 2.74 bits per heavy atom. The number of hydrogen-bond acceptors (Lipinski definition) is 6. The van der Waals surface area contributed by atoms with Crippen LogP contribution in [0.3, 0.4) is 0 Å². The molecule has 2 fully saturated rings. The number of Topliss-reactive ketones (excluding diaryl/α,β-unsaturated/α-hetero) is 1. The molecule has 4 rings (SSSR count). The first-order valence-corrected chi connectivity index (χ1v) is 12.5. The van der Waals surface area contributed by atoms with Crippen LogP contribution in [0.5, 0.6) is 0 Å². The average Bonchev–Trinajstić information content (AvgIpc) is 3.48. The molecule has 0 spiro atoms. The van der Waals surface area contributed by atoms with Crippen LogP contribution in [0.1, 0.15) is 52.8 Å². The second-order valence-electron chi connectivity index (χ2n) is 8.56. The lowest BCUT2D eigenvalue weighted by Gasteiger charge is -2.23. The lowest BCUT2D eigenvalue weighted by Crippen LogP contribution is -2.44. The predicted molar refractivity (Wildman–Crippen MR) is 116 cm³/mol. The largest absolute Gasteiger partial charge is 0.467 e. The second kappa shape index (κ2) is 8.63. The highest BCUT2D eigenvalue weighted by molar-refractivity contribution is 7.91. The van der Waals surface area contributed by atoms with E-state index in [2.05, 4.69) is 5.32 Å². The van der Waals surface area contributed by atoms with Crippen LogP contribution in [0.15, 0.2) is 28.9 Å². The maximum atomic E-state index is 13.1. The van der Waals surface area contributed by atoms with Gasteiger partial charge in [0.15, 0.2) is 15.6 Å². The molecular weight excluding hydrogens is 418 g/mol. The molecular formula is C22H29N3O5S. The number of aromatic nitrogens is 1. The molecule has 31 heavy (non-hydrogen) atoms.